The van der Waals surface area contributed by atoms with Gasteiger partial charge in [0.25, 0.3) is 0 Å². The van der Waals surface area contributed by atoms with Crippen molar-refractivity contribution in [3.05, 3.63) is 60.6 Å². The fourth-order valence-electron chi connectivity index (χ4n) is 3.04. The summed E-state index contributed by atoms with van der Waals surface area (Å²) in [6, 6.07) is 14.0. The van der Waals surface area contributed by atoms with E-state index in [2.05, 4.69) is 26.1 Å². The normalized spacial score (nSPS) is 15.6. The lowest BCUT2D eigenvalue weighted by atomic mass is 10.1. The van der Waals surface area contributed by atoms with Crippen molar-refractivity contribution in [3.63, 3.8) is 0 Å². The van der Waals surface area contributed by atoms with Gasteiger partial charge in [-0.2, -0.15) is 0 Å². The molecular formula is C18H20N5O+. The van der Waals surface area contributed by atoms with Gasteiger partial charge in [-0.3, -0.25) is 0 Å². The highest BCUT2D eigenvalue weighted by Crippen LogP contribution is 2.19. The first kappa shape index (κ1) is 14.8. The number of hydrogen-bond donors (Lipinski definition) is 1. The molecule has 122 valence electrons. The third kappa shape index (κ3) is 3.28. The van der Waals surface area contributed by atoms with Crippen LogP contribution in [0, 0.1) is 0 Å². The Hall–Kier alpha value is -2.73. The molecule has 24 heavy (non-hydrogen) atoms. The molecule has 1 saturated heterocycles. The van der Waals surface area contributed by atoms with Gasteiger partial charge < -0.3 is 14.3 Å². The predicted octanol–water partition coefficient (Wildman–Crippen LogP) is 1.04. The second-order valence-electron chi connectivity index (χ2n) is 6.01. The molecule has 6 nitrogen and oxygen atoms in total. The summed E-state index contributed by atoms with van der Waals surface area (Å²) >= 11 is 0. The Morgan fingerprint density at radius 1 is 1.00 bits per heavy atom. The van der Waals surface area contributed by atoms with Gasteiger partial charge in [0.15, 0.2) is 5.76 Å². The summed E-state index contributed by atoms with van der Waals surface area (Å²) in [5.74, 6) is 1.66. The molecule has 1 aliphatic rings. The lowest BCUT2D eigenvalue weighted by Crippen LogP contribution is -3.13. The monoisotopic (exact) mass is 322 g/mol. The van der Waals surface area contributed by atoms with E-state index in [-0.39, 0.29) is 0 Å². The van der Waals surface area contributed by atoms with Gasteiger partial charge in [-0.15, -0.1) is 0 Å². The van der Waals surface area contributed by atoms with Gasteiger partial charge >= 0.3 is 0 Å². The Kier molecular flexibility index (Phi) is 4.20. The van der Waals surface area contributed by atoms with Crippen molar-refractivity contribution in [1.29, 1.82) is 0 Å². The molecule has 1 fully saturated rings. The van der Waals surface area contributed by atoms with E-state index in [1.54, 1.807) is 12.4 Å². The van der Waals surface area contributed by atoms with Gasteiger partial charge in [0.05, 0.1) is 26.2 Å². The maximum absolute atomic E-state index is 5.49. The molecule has 0 aliphatic carbocycles. The van der Waals surface area contributed by atoms with E-state index in [4.69, 9.17) is 4.52 Å². The minimum absolute atomic E-state index is 0.823. The minimum Gasteiger partial charge on any atom is -0.356 e. The summed E-state index contributed by atoms with van der Waals surface area (Å²) in [6.07, 6.45) is 3.59. The van der Waals surface area contributed by atoms with Crippen LogP contribution in [-0.4, -0.2) is 41.3 Å². The van der Waals surface area contributed by atoms with Crippen molar-refractivity contribution >= 4 is 5.95 Å². The molecule has 0 amide bonds. The van der Waals surface area contributed by atoms with Crippen molar-refractivity contribution in [2.75, 3.05) is 31.1 Å². The van der Waals surface area contributed by atoms with E-state index >= 15 is 0 Å². The SMILES string of the molecule is c1ccc(-c2cc(C[NH+]3CCN(c4ncccn4)CC3)no2)cc1. The highest BCUT2D eigenvalue weighted by atomic mass is 16.5. The summed E-state index contributed by atoms with van der Waals surface area (Å²) in [4.78, 5) is 12.4. The molecule has 1 aromatic carbocycles. The zero-order chi connectivity index (χ0) is 16.2. The van der Waals surface area contributed by atoms with Gasteiger partial charge in [-0.1, -0.05) is 35.5 Å². The van der Waals surface area contributed by atoms with E-state index in [1.807, 2.05) is 36.4 Å². The van der Waals surface area contributed by atoms with Gasteiger partial charge in [0.2, 0.25) is 5.95 Å². The number of nitrogens with one attached hydrogen (secondary N) is 1. The molecule has 0 spiro atoms. The van der Waals surface area contributed by atoms with E-state index in [0.717, 1.165) is 55.7 Å². The van der Waals surface area contributed by atoms with Crippen LogP contribution in [0.1, 0.15) is 5.69 Å². The number of quaternary nitrogens is 1. The molecule has 0 unspecified atom stereocenters. The van der Waals surface area contributed by atoms with Gasteiger partial charge in [0, 0.05) is 24.0 Å². The van der Waals surface area contributed by atoms with Gasteiger partial charge in [-0.05, 0) is 6.07 Å². The lowest BCUT2D eigenvalue weighted by molar-refractivity contribution is -0.914. The maximum Gasteiger partial charge on any atom is 0.225 e. The molecule has 2 aromatic heterocycles. The van der Waals surface area contributed by atoms with Crippen LogP contribution in [0.15, 0.2) is 59.4 Å². The van der Waals surface area contributed by atoms with Crippen LogP contribution in [0.25, 0.3) is 11.3 Å². The molecule has 1 aliphatic heterocycles. The Bertz CT molecular complexity index is 766. The predicted molar refractivity (Wildman–Crippen MR) is 90.6 cm³/mol. The molecule has 6 heteroatoms. The highest BCUT2D eigenvalue weighted by Gasteiger charge is 2.22. The summed E-state index contributed by atoms with van der Waals surface area (Å²) in [5, 5.41) is 4.23. The summed E-state index contributed by atoms with van der Waals surface area (Å²) in [7, 11) is 0. The fourth-order valence-corrected chi connectivity index (χ4v) is 3.04. The summed E-state index contributed by atoms with van der Waals surface area (Å²) in [5.41, 5.74) is 2.07. The van der Waals surface area contributed by atoms with Crippen LogP contribution in [0.5, 0.6) is 0 Å². The van der Waals surface area contributed by atoms with Crippen molar-refractivity contribution in [3.8, 4) is 11.3 Å². The Morgan fingerprint density at radius 3 is 2.50 bits per heavy atom. The third-order valence-corrected chi connectivity index (χ3v) is 4.35. The molecule has 0 bridgehead atoms. The van der Waals surface area contributed by atoms with Crippen molar-refractivity contribution in [2.45, 2.75) is 6.54 Å². The number of nitrogens with zero attached hydrogens (tertiary/aromatic N) is 4. The summed E-state index contributed by atoms with van der Waals surface area (Å²) in [6.45, 7) is 4.91. The fraction of sp³-hybridized carbons (Fsp3) is 0.278. The average Bonchev–Trinajstić information content (AvgIpc) is 3.12. The lowest BCUT2D eigenvalue weighted by Gasteiger charge is -2.31. The quantitative estimate of drug-likeness (QED) is 0.778. The highest BCUT2D eigenvalue weighted by molar-refractivity contribution is 5.56. The molecule has 0 atom stereocenters. The molecule has 0 saturated carbocycles. The number of anilines is 1. The standard InChI is InChI=1S/C18H19N5O/c1-2-5-15(6-3-1)17-13-16(21-24-17)14-22-9-11-23(12-10-22)18-19-7-4-8-20-18/h1-8,13H,9-12,14H2/p+1. The van der Waals surface area contributed by atoms with E-state index in [0.29, 0.717) is 0 Å². The number of rotatable bonds is 4. The van der Waals surface area contributed by atoms with Gasteiger partial charge in [0.1, 0.15) is 12.2 Å². The van der Waals surface area contributed by atoms with E-state index in [9.17, 15) is 0 Å². The number of benzene rings is 1. The number of aromatic nitrogens is 3. The van der Waals surface area contributed by atoms with E-state index in [1.165, 1.54) is 4.90 Å². The van der Waals surface area contributed by atoms with Crippen LogP contribution >= 0.6 is 0 Å². The molecule has 4 rings (SSSR count). The smallest absolute Gasteiger partial charge is 0.225 e. The maximum atomic E-state index is 5.49. The first-order valence-electron chi connectivity index (χ1n) is 8.25. The van der Waals surface area contributed by atoms with Crippen LogP contribution in [0.3, 0.4) is 0 Å². The Balaban J connectivity index is 1.35. The van der Waals surface area contributed by atoms with Gasteiger partial charge in [-0.25, -0.2) is 9.97 Å². The second kappa shape index (κ2) is 6.80. The van der Waals surface area contributed by atoms with Crippen LogP contribution in [0.4, 0.5) is 5.95 Å². The number of hydrogen-bond acceptors (Lipinski definition) is 5. The molecule has 3 aromatic rings. The van der Waals surface area contributed by atoms with Crippen LogP contribution in [0.2, 0.25) is 0 Å². The summed E-state index contributed by atoms with van der Waals surface area (Å²) < 4.78 is 5.49. The largest absolute Gasteiger partial charge is 0.356 e. The molecule has 3 heterocycles. The van der Waals surface area contributed by atoms with Crippen molar-refractivity contribution in [2.24, 2.45) is 0 Å². The second-order valence-corrected chi connectivity index (χ2v) is 6.01. The Labute approximate surface area is 140 Å². The van der Waals surface area contributed by atoms with Crippen molar-refractivity contribution < 1.29 is 9.42 Å². The zero-order valence-corrected chi connectivity index (χ0v) is 13.4. The zero-order valence-electron chi connectivity index (χ0n) is 13.4. The van der Waals surface area contributed by atoms with Crippen molar-refractivity contribution in [1.82, 2.24) is 15.1 Å². The first-order chi connectivity index (χ1) is 11.9. The molecule has 0 radical (unpaired) electrons. The Morgan fingerprint density at radius 2 is 1.75 bits per heavy atom. The topological polar surface area (TPSA) is 59.5 Å². The minimum atomic E-state index is 0.823. The van der Waals surface area contributed by atoms with Crippen LogP contribution < -0.4 is 9.80 Å². The van der Waals surface area contributed by atoms with Crippen LogP contribution in [-0.2, 0) is 6.54 Å². The average molecular weight is 322 g/mol. The first-order valence-corrected chi connectivity index (χ1v) is 8.25. The third-order valence-electron chi connectivity index (χ3n) is 4.35. The molecular weight excluding hydrogens is 302 g/mol. The number of piperazine rings is 1. The van der Waals surface area contributed by atoms with E-state index < -0.39 is 0 Å². The molecule has 1 N–H and O–H groups in total.